The predicted octanol–water partition coefficient (Wildman–Crippen LogP) is 2.33. The van der Waals surface area contributed by atoms with Gasteiger partial charge in [0.15, 0.2) is 5.69 Å². The molecule has 2 aromatic rings. The van der Waals surface area contributed by atoms with Gasteiger partial charge >= 0.3 is 0 Å². The summed E-state index contributed by atoms with van der Waals surface area (Å²) < 4.78 is 1.69. The van der Waals surface area contributed by atoms with Crippen LogP contribution >= 0.6 is 11.3 Å². The van der Waals surface area contributed by atoms with E-state index in [2.05, 4.69) is 20.6 Å². The molecule has 8 nitrogen and oxygen atoms in total. The molecule has 0 bridgehead atoms. The summed E-state index contributed by atoms with van der Waals surface area (Å²) in [5.41, 5.74) is 1.14. The van der Waals surface area contributed by atoms with Crippen molar-refractivity contribution in [2.75, 3.05) is 6.54 Å². The molecule has 0 unspecified atom stereocenters. The Morgan fingerprint density at radius 2 is 2.00 bits per heavy atom. The molecule has 1 aliphatic heterocycles. The van der Waals surface area contributed by atoms with Gasteiger partial charge in [0.2, 0.25) is 0 Å². The first-order valence-corrected chi connectivity index (χ1v) is 10.8. The number of hydrogen-bond donors (Lipinski definition) is 1. The molecular formula is C19H26N6O2S. The number of nitrogens with one attached hydrogen (secondary N) is 1. The third-order valence-electron chi connectivity index (χ3n) is 5.60. The number of aromatic nitrogens is 4. The lowest BCUT2D eigenvalue weighted by atomic mass is 10.2. The molecule has 0 spiro atoms. The number of carbonyl (C=O) groups excluding carboxylic acids is 2. The van der Waals surface area contributed by atoms with E-state index in [1.807, 2.05) is 18.7 Å². The highest BCUT2D eigenvalue weighted by Gasteiger charge is 2.32. The molecule has 1 saturated heterocycles. The molecule has 1 N–H and O–H groups in total. The van der Waals surface area contributed by atoms with Crippen molar-refractivity contribution in [3.8, 4) is 0 Å². The van der Waals surface area contributed by atoms with E-state index in [-0.39, 0.29) is 23.9 Å². The average molecular weight is 403 g/mol. The van der Waals surface area contributed by atoms with Crippen molar-refractivity contribution in [3.63, 3.8) is 0 Å². The highest BCUT2D eigenvalue weighted by Crippen LogP contribution is 2.26. The fourth-order valence-electron chi connectivity index (χ4n) is 4.19. The van der Waals surface area contributed by atoms with Crippen LogP contribution in [0.4, 0.5) is 0 Å². The Kier molecular flexibility index (Phi) is 5.43. The maximum atomic E-state index is 13.0. The van der Waals surface area contributed by atoms with E-state index in [9.17, 15) is 9.59 Å². The second kappa shape index (κ2) is 7.98. The second-order valence-electron chi connectivity index (χ2n) is 7.72. The number of rotatable bonds is 5. The van der Waals surface area contributed by atoms with Crippen LogP contribution in [0.1, 0.15) is 69.4 Å². The fraction of sp³-hybridized carbons (Fsp3) is 0.632. The van der Waals surface area contributed by atoms with Crippen molar-refractivity contribution in [2.45, 2.75) is 71.0 Å². The predicted molar refractivity (Wildman–Crippen MR) is 105 cm³/mol. The minimum atomic E-state index is -0.159. The summed E-state index contributed by atoms with van der Waals surface area (Å²) >= 11 is 1.45. The Balaban J connectivity index is 1.40. The highest BCUT2D eigenvalue weighted by atomic mass is 32.1. The average Bonchev–Trinajstić information content (AvgIpc) is 3.43. The van der Waals surface area contributed by atoms with Gasteiger partial charge < -0.3 is 10.2 Å². The Morgan fingerprint density at radius 1 is 1.21 bits per heavy atom. The molecule has 28 heavy (non-hydrogen) atoms. The summed E-state index contributed by atoms with van der Waals surface area (Å²) in [7, 11) is 0. The molecule has 2 amide bonds. The third kappa shape index (κ3) is 3.94. The van der Waals surface area contributed by atoms with Crippen LogP contribution in [0.25, 0.3) is 0 Å². The van der Waals surface area contributed by atoms with Crippen molar-refractivity contribution >= 4 is 23.2 Å². The van der Waals surface area contributed by atoms with Crippen LogP contribution in [0.3, 0.4) is 0 Å². The number of likely N-dealkylation sites (tertiary alicyclic amines) is 1. The Hall–Kier alpha value is -2.29. The second-order valence-corrected chi connectivity index (χ2v) is 8.93. The molecular weight excluding hydrogens is 376 g/mol. The summed E-state index contributed by atoms with van der Waals surface area (Å²) in [6, 6.07) is 0.313. The van der Waals surface area contributed by atoms with Gasteiger partial charge in [-0.3, -0.25) is 9.59 Å². The summed E-state index contributed by atoms with van der Waals surface area (Å²) in [5.74, 6) is -0.113. The first-order valence-electron chi connectivity index (χ1n) is 9.97. The minimum absolute atomic E-state index is 0.0462. The van der Waals surface area contributed by atoms with Crippen LogP contribution in [0.15, 0.2) is 6.20 Å². The molecule has 1 atom stereocenters. The van der Waals surface area contributed by atoms with E-state index < -0.39 is 0 Å². The van der Waals surface area contributed by atoms with Crippen molar-refractivity contribution in [3.05, 3.63) is 27.5 Å². The van der Waals surface area contributed by atoms with Crippen LogP contribution in [0, 0.1) is 13.8 Å². The minimum Gasteiger partial charge on any atom is -0.348 e. The maximum absolute atomic E-state index is 13.0. The molecule has 150 valence electrons. The molecule has 0 radical (unpaired) electrons. The third-order valence-corrected chi connectivity index (χ3v) is 6.66. The van der Waals surface area contributed by atoms with E-state index in [0.717, 1.165) is 47.8 Å². The summed E-state index contributed by atoms with van der Waals surface area (Å²) in [5, 5.41) is 12.1. The van der Waals surface area contributed by atoms with Gasteiger partial charge in [-0.25, -0.2) is 9.67 Å². The zero-order valence-electron chi connectivity index (χ0n) is 16.3. The summed E-state index contributed by atoms with van der Waals surface area (Å²) in [6.45, 7) is 5.09. The number of aryl methyl sites for hydroxylation is 2. The molecule has 1 aliphatic carbocycles. The molecule has 2 aromatic heterocycles. The van der Waals surface area contributed by atoms with Crippen molar-refractivity contribution in [1.82, 2.24) is 30.2 Å². The van der Waals surface area contributed by atoms with E-state index in [4.69, 9.17) is 0 Å². The van der Waals surface area contributed by atoms with Gasteiger partial charge in [0.25, 0.3) is 11.8 Å². The van der Waals surface area contributed by atoms with Gasteiger partial charge in [-0.15, -0.1) is 16.4 Å². The molecule has 2 fully saturated rings. The number of amides is 2. The van der Waals surface area contributed by atoms with Gasteiger partial charge in [-0.05, 0) is 39.5 Å². The lowest BCUT2D eigenvalue weighted by Gasteiger charge is -2.24. The Bertz CT molecular complexity index is 870. The van der Waals surface area contributed by atoms with Gasteiger partial charge in [-0.2, -0.15) is 0 Å². The molecule has 3 heterocycles. The van der Waals surface area contributed by atoms with Crippen LogP contribution in [0.5, 0.6) is 0 Å². The standard InChI is InChI=1S/C19H26N6O2S/c1-12-17(28-13(2)20-12)19(27)25-9-5-8-15(25)10-24-11-16(22-23-24)18(26)21-14-6-3-4-7-14/h11,14-15H,3-10H2,1-2H3,(H,21,26)/t15-/m0/s1. The molecule has 0 aromatic carbocycles. The lowest BCUT2D eigenvalue weighted by molar-refractivity contribution is 0.0724. The number of thiazole rings is 1. The highest BCUT2D eigenvalue weighted by molar-refractivity contribution is 7.13. The quantitative estimate of drug-likeness (QED) is 0.828. The number of nitrogens with zero attached hydrogens (tertiary/aromatic N) is 5. The molecule has 2 aliphatic rings. The largest absolute Gasteiger partial charge is 0.348 e. The van der Waals surface area contributed by atoms with Crippen molar-refractivity contribution < 1.29 is 9.59 Å². The van der Waals surface area contributed by atoms with Crippen LogP contribution in [-0.4, -0.2) is 55.3 Å². The lowest BCUT2D eigenvalue weighted by Crippen LogP contribution is -2.38. The van der Waals surface area contributed by atoms with E-state index in [0.29, 0.717) is 12.2 Å². The number of hydrogen-bond acceptors (Lipinski definition) is 6. The number of carbonyl (C=O) groups is 2. The topological polar surface area (TPSA) is 93.0 Å². The monoisotopic (exact) mass is 402 g/mol. The van der Waals surface area contributed by atoms with Crippen LogP contribution < -0.4 is 5.32 Å². The summed E-state index contributed by atoms with van der Waals surface area (Å²) in [6.07, 6.45) is 7.99. The van der Waals surface area contributed by atoms with E-state index >= 15 is 0 Å². The molecule has 4 rings (SSSR count). The normalized spacial score (nSPS) is 20.1. The summed E-state index contributed by atoms with van der Waals surface area (Å²) in [4.78, 5) is 32.3. The van der Waals surface area contributed by atoms with Gasteiger partial charge in [0, 0.05) is 12.6 Å². The Morgan fingerprint density at radius 3 is 2.71 bits per heavy atom. The maximum Gasteiger partial charge on any atom is 0.273 e. The first kappa shape index (κ1) is 19.0. The Labute approximate surface area is 168 Å². The van der Waals surface area contributed by atoms with E-state index in [1.165, 1.54) is 24.2 Å². The van der Waals surface area contributed by atoms with Gasteiger partial charge in [0.05, 0.1) is 29.5 Å². The SMILES string of the molecule is Cc1nc(C)c(C(=O)N2CCC[C@H]2Cn2cc(C(=O)NC3CCCC3)nn2)s1. The molecule has 1 saturated carbocycles. The van der Waals surface area contributed by atoms with Crippen LogP contribution in [-0.2, 0) is 6.54 Å². The smallest absolute Gasteiger partial charge is 0.273 e. The molecule has 9 heteroatoms. The van der Waals surface area contributed by atoms with Gasteiger partial charge in [-0.1, -0.05) is 18.1 Å². The van der Waals surface area contributed by atoms with Crippen LogP contribution in [0.2, 0.25) is 0 Å². The van der Waals surface area contributed by atoms with Crippen molar-refractivity contribution in [2.24, 2.45) is 0 Å². The zero-order valence-corrected chi connectivity index (χ0v) is 17.2. The fourth-order valence-corrected chi connectivity index (χ4v) is 5.07. The van der Waals surface area contributed by atoms with Gasteiger partial charge in [0.1, 0.15) is 4.88 Å². The zero-order chi connectivity index (χ0) is 19.7. The van der Waals surface area contributed by atoms with Crippen molar-refractivity contribution in [1.29, 1.82) is 0 Å². The van der Waals surface area contributed by atoms with E-state index in [1.54, 1.807) is 10.9 Å². The first-order chi connectivity index (χ1) is 13.5.